The van der Waals surface area contributed by atoms with E-state index in [1.54, 1.807) is 0 Å². The van der Waals surface area contributed by atoms with Crippen LogP contribution in [0, 0.1) is 18.0 Å². The highest BCUT2D eigenvalue weighted by atomic mass is 19.1. The molecule has 0 amide bonds. The molecular weight excluding hydrogens is 115 g/mol. The molecule has 0 aromatic heterocycles. The Morgan fingerprint density at radius 1 is 1.67 bits per heavy atom. The third kappa shape index (κ3) is 1.89. The predicted octanol–water partition coefficient (Wildman–Crippen LogP) is 2.27. The van der Waals surface area contributed by atoms with Crippen molar-refractivity contribution in [3.05, 3.63) is 12.2 Å². The molecule has 1 rings (SSSR count). The molecule has 0 aromatic rings. The Kier molecular flexibility index (Phi) is 2.32. The zero-order valence-corrected chi connectivity index (χ0v) is 5.23. The van der Waals surface area contributed by atoms with E-state index in [9.17, 15) is 4.39 Å². The van der Waals surface area contributed by atoms with Crippen molar-refractivity contribution in [2.24, 2.45) is 5.92 Å². The first kappa shape index (κ1) is 6.35. The second-order valence-electron chi connectivity index (χ2n) is 2.24. The summed E-state index contributed by atoms with van der Waals surface area (Å²) in [6.07, 6.45) is 8.63. The molecule has 0 aromatic carbocycles. The lowest BCUT2D eigenvalue weighted by Crippen LogP contribution is -1.87. The second-order valence-corrected chi connectivity index (χ2v) is 2.24. The maximum Gasteiger partial charge on any atom is 0.105 e. The van der Waals surface area contributed by atoms with E-state index in [0.29, 0.717) is 12.3 Å². The zero-order chi connectivity index (χ0) is 6.53. The number of allylic oxidation sites excluding steroid dienone is 2. The van der Waals surface area contributed by atoms with Gasteiger partial charge in [0, 0.05) is 6.42 Å². The van der Waals surface area contributed by atoms with Gasteiger partial charge in [0.15, 0.2) is 0 Å². The first-order valence-electron chi connectivity index (χ1n) is 3.18. The van der Waals surface area contributed by atoms with Gasteiger partial charge in [0.2, 0.25) is 0 Å². The molecule has 0 aliphatic heterocycles. The van der Waals surface area contributed by atoms with Gasteiger partial charge in [-0.1, -0.05) is 18.1 Å². The second kappa shape index (κ2) is 3.29. The van der Waals surface area contributed by atoms with Crippen molar-refractivity contribution in [1.82, 2.24) is 0 Å². The number of hydrogen-bond acceptors (Lipinski definition) is 0. The molecule has 0 spiro atoms. The molecular formula is C8H9F. The Hall–Kier alpha value is -0.770. The lowest BCUT2D eigenvalue weighted by Gasteiger charge is -1.97. The first-order valence-corrected chi connectivity index (χ1v) is 3.18. The maximum absolute atomic E-state index is 11.3. The fourth-order valence-electron chi connectivity index (χ4n) is 1.03. The Bertz CT molecular complexity index is 159. The number of halogens is 1. The molecule has 1 unspecified atom stereocenters. The van der Waals surface area contributed by atoms with Crippen molar-refractivity contribution in [2.45, 2.75) is 19.3 Å². The summed E-state index contributed by atoms with van der Waals surface area (Å²) in [5.74, 6) is 2.94. The topological polar surface area (TPSA) is 0 Å². The van der Waals surface area contributed by atoms with Gasteiger partial charge in [-0.25, -0.2) is 0 Å². The third-order valence-corrected chi connectivity index (χ3v) is 1.54. The van der Waals surface area contributed by atoms with E-state index in [1.807, 2.05) is 0 Å². The quantitative estimate of drug-likeness (QED) is 0.371. The van der Waals surface area contributed by atoms with E-state index in [-0.39, 0.29) is 0 Å². The lowest BCUT2D eigenvalue weighted by molar-refractivity contribution is 0.649. The van der Waals surface area contributed by atoms with Gasteiger partial charge in [-0.15, -0.1) is 4.39 Å². The van der Waals surface area contributed by atoms with E-state index in [4.69, 9.17) is 0 Å². The summed E-state index contributed by atoms with van der Waals surface area (Å²) >= 11 is 0. The molecule has 0 saturated carbocycles. The SMILES string of the molecule is FC#CCC1C=CCC1. The highest BCUT2D eigenvalue weighted by molar-refractivity contribution is 5.03. The highest BCUT2D eigenvalue weighted by Crippen LogP contribution is 2.19. The molecule has 0 nitrogen and oxygen atoms in total. The Balaban J connectivity index is 2.25. The van der Waals surface area contributed by atoms with Crippen molar-refractivity contribution in [2.75, 3.05) is 0 Å². The molecule has 0 saturated heterocycles. The average Bonchev–Trinajstić information content (AvgIpc) is 2.34. The maximum atomic E-state index is 11.3. The first-order chi connectivity index (χ1) is 4.43. The van der Waals surface area contributed by atoms with Crippen molar-refractivity contribution < 1.29 is 4.39 Å². The van der Waals surface area contributed by atoms with Crippen LogP contribution >= 0.6 is 0 Å². The highest BCUT2D eigenvalue weighted by Gasteiger charge is 2.05. The zero-order valence-electron chi connectivity index (χ0n) is 5.23. The molecule has 0 heterocycles. The van der Waals surface area contributed by atoms with Gasteiger partial charge < -0.3 is 0 Å². The van der Waals surface area contributed by atoms with Crippen molar-refractivity contribution in [3.63, 3.8) is 0 Å². The van der Waals surface area contributed by atoms with Crippen LogP contribution in [0.2, 0.25) is 0 Å². The summed E-state index contributed by atoms with van der Waals surface area (Å²) in [5, 5.41) is 0. The fraction of sp³-hybridized carbons (Fsp3) is 0.500. The summed E-state index contributed by atoms with van der Waals surface area (Å²) in [5.41, 5.74) is 0. The normalized spacial score (nSPS) is 23.4. The summed E-state index contributed by atoms with van der Waals surface area (Å²) < 4.78 is 11.3. The average molecular weight is 124 g/mol. The summed E-state index contributed by atoms with van der Waals surface area (Å²) in [6, 6.07) is 0. The van der Waals surface area contributed by atoms with Crippen LogP contribution in [-0.2, 0) is 0 Å². The Labute approximate surface area is 54.8 Å². The van der Waals surface area contributed by atoms with Crippen LogP contribution in [0.1, 0.15) is 19.3 Å². The largest absolute Gasteiger partial charge is 0.144 e. The minimum absolute atomic E-state index is 0.522. The molecule has 9 heavy (non-hydrogen) atoms. The van der Waals surface area contributed by atoms with Gasteiger partial charge in [0.1, 0.15) is 6.17 Å². The van der Waals surface area contributed by atoms with Gasteiger partial charge in [0.05, 0.1) is 0 Å². The van der Waals surface area contributed by atoms with Crippen LogP contribution in [0.15, 0.2) is 12.2 Å². The molecule has 1 heteroatoms. The summed E-state index contributed by atoms with van der Waals surface area (Å²) in [6.45, 7) is 0. The van der Waals surface area contributed by atoms with Crippen molar-refractivity contribution in [1.29, 1.82) is 0 Å². The van der Waals surface area contributed by atoms with Crippen LogP contribution in [0.5, 0.6) is 0 Å². The van der Waals surface area contributed by atoms with E-state index in [1.165, 1.54) is 6.17 Å². The summed E-state index contributed by atoms with van der Waals surface area (Å²) in [4.78, 5) is 0. The molecule has 1 atom stereocenters. The molecule has 1 aliphatic rings. The predicted molar refractivity (Wildman–Crippen MR) is 35.4 cm³/mol. The van der Waals surface area contributed by atoms with E-state index < -0.39 is 0 Å². The van der Waals surface area contributed by atoms with Crippen molar-refractivity contribution in [3.8, 4) is 12.1 Å². The Morgan fingerprint density at radius 3 is 3.11 bits per heavy atom. The van der Waals surface area contributed by atoms with E-state index in [0.717, 1.165) is 12.8 Å². The van der Waals surface area contributed by atoms with Crippen LogP contribution in [0.4, 0.5) is 4.39 Å². The molecule has 1 aliphatic carbocycles. The molecule has 0 fully saturated rings. The minimum atomic E-state index is 0.522. The van der Waals surface area contributed by atoms with Crippen molar-refractivity contribution >= 4 is 0 Å². The van der Waals surface area contributed by atoms with E-state index >= 15 is 0 Å². The molecule has 0 N–H and O–H groups in total. The van der Waals surface area contributed by atoms with E-state index in [2.05, 4.69) is 18.1 Å². The van der Waals surface area contributed by atoms with Crippen LogP contribution in [-0.4, -0.2) is 0 Å². The van der Waals surface area contributed by atoms with Gasteiger partial charge in [-0.2, -0.15) is 0 Å². The van der Waals surface area contributed by atoms with Crippen LogP contribution < -0.4 is 0 Å². The third-order valence-electron chi connectivity index (χ3n) is 1.54. The monoisotopic (exact) mass is 124 g/mol. The summed E-state index contributed by atoms with van der Waals surface area (Å²) in [7, 11) is 0. The molecule has 0 radical (unpaired) electrons. The minimum Gasteiger partial charge on any atom is -0.144 e. The standard InChI is InChI=1S/C8H9F/c9-7-3-6-8-4-1-2-5-8/h1,4,8H,2,5-6H2. The molecule has 48 valence electrons. The van der Waals surface area contributed by atoms with Gasteiger partial charge in [-0.3, -0.25) is 0 Å². The van der Waals surface area contributed by atoms with Gasteiger partial charge in [-0.05, 0) is 18.8 Å². The molecule has 0 bridgehead atoms. The fourth-order valence-corrected chi connectivity index (χ4v) is 1.03. The van der Waals surface area contributed by atoms with Crippen LogP contribution in [0.25, 0.3) is 0 Å². The van der Waals surface area contributed by atoms with Gasteiger partial charge >= 0.3 is 0 Å². The van der Waals surface area contributed by atoms with Crippen LogP contribution in [0.3, 0.4) is 0 Å². The lowest BCUT2D eigenvalue weighted by atomic mass is 10.1. The number of hydrogen-bond donors (Lipinski definition) is 0. The smallest absolute Gasteiger partial charge is 0.105 e. The Morgan fingerprint density at radius 2 is 2.56 bits per heavy atom. The van der Waals surface area contributed by atoms with Gasteiger partial charge in [0.25, 0.3) is 0 Å². The number of rotatable bonds is 1.